The van der Waals surface area contributed by atoms with Gasteiger partial charge >= 0.3 is 0 Å². The van der Waals surface area contributed by atoms with E-state index in [1.165, 1.54) is 11.8 Å². The van der Waals surface area contributed by atoms with E-state index >= 15 is 0 Å². The van der Waals surface area contributed by atoms with Crippen LogP contribution in [-0.2, 0) is 4.79 Å². The van der Waals surface area contributed by atoms with Crippen LogP contribution in [0.15, 0.2) is 76.4 Å². The second-order valence-corrected chi connectivity index (χ2v) is 6.02. The Kier molecular flexibility index (Phi) is 4.68. The minimum Gasteiger partial charge on any atom is -0.300 e. The lowest BCUT2D eigenvalue weighted by molar-refractivity contribution is -0.115. The van der Waals surface area contributed by atoms with Gasteiger partial charge in [0.2, 0.25) is 0 Å². The summed E-state index contributed by atoms with van der Waals surface area (Å²) in [5, 5.41) is 3.34. The van der Waals surface area contributed by atoms with E-state index in [2.05, 4.69) is 15.3 Å². The minimum absolute atomic E-state index is 0.126. The highest BCUT2D eigenvalue weighted by molar-refractivity contribution is 8.18. The zero-order valence-electron chi connectivity index (χ0n) is 12.6. The molecule has 2 aromatic rings. The molecule has 4 nitrogen and oxygen atoms in total. The molecule has 3 rings (SSSR count). The molecule has 0 saturated carbocycles. The van der Waals surface area contributed by atoms with E-state index in [4.69, 9.17) is 0 Å². The summed E-state index contributed by atoms with van der Waals surface area (Å²) < 4.78 is 0. The van der Waals surface area contributed by atoms with Crippen LogP contribution in [0, 0.1) is 0 Å². The molecule has 1 aliphatic rings. The Morgan fingerprint density at radius 3 is 2.78 bits per heavy atom. The maximum atomic E-state index is 12.0. The van der Waals surface area contributed by atoms with E-state index in [0.29, 0.717) is 15.8 Å². The number of nitrogens with zero attached hydrogens (tertiary/aromatic N) is 2. The molecule has 0 bridgehead atoms. The summed E-state index contributed by atoms with van der Waals surface area (Å²) in [6.45, 7) is 1.98. The van der Waals surface area contributed by atoms with E-state index in [0.717, 1.165) is 11.1 Å². The monoisotopic (exact) mass is 321 g/mol. The molecular weight excluding hydrogens is 306 g/mol. The molecule has 1 aromatic heterocycles. The van der Waals surface area contributed by atoms with Crippen LogP contribution in [0.25, 0.3) is 6.08 Å². The number of carbonyl (C=O) groups is 1. The predicted octanol–water partition coefficient (Wildman–Crippen LogP) is 3.92. The number of aromatic nitrogens is 1. The molecular formula is C18H15N3OS. The molecule has 1 aromatic carbocycles. The van der Waals surface area contributed by atoms with Crippen LogP contribution in [-0.4, -0.2) is 16.1 Å². The third-order valence-electron chi connectivity index (χ3n) is 3.08. The van der Waals surface area contributed by atoms with Gasteiger partial charge in [-0.25, -0.2) is 4.99 Å². The van der Waals surface area contributed by atoms with E-state index in [1.54, 1.807) is 12.4 Å². The van der Waals surface area contributed by atoms with Crippen molar-refractivity contribution in [2.75, 3.05) is 0 Å². The number of nitrogens with one attached hydrogen (secondary N) is 1. The quantitative estimate of drug-likeness (QED) is 0.872. The predicted molar refractivity (Wildman–Crippen MR) is 95.2 cm³/mol. The Morgan fingerprint density at radius 1 is 1.22 bits per heavy atom. The summed E-state index contributed by atoms with van der Waals surface area (Å²) in [6.07, 6.45) is 7.25. The van der Waals surface area contributed by atoms with Gasteiger partial charge in [-0.05, 0) is 48.0 Å². The highest BCUT2D eigenvalue weighted by Crippen LogP contribution is 2.27. The number of amides is 1. The zero-order chi connectivity index (χ0) is 16.1. The number of thioether (sulfide) groups is 1. The molecule has 0 radical (unpaired) electrons. The fraction of sp³-hybridized carbons (Fsp3) is 0.0556. The van der Waals surface area contributed by atoms with Crippen molar-refractivity contribution in [1.29, 1.82) is 0 Å². The van der Waals surface area contributed by atoms with Gasteiger partial charge < -0.3 is 5.32 Å². The third-order valence-corrected chi connectivity index (χ3v) is 3.99. The lowest BCUT2D eigenvalue weighted by Gasteiger charge is -1.96. The van der Waals surface area contributed by atoms with Gasteiger partial charge in [-0.3, -0.25) is 9.78 Å². The lowest BCUT2D eigenvalue weighted by atomic mass is 10.1. The molecule has 2 heterocycles. The summed E-state index contributed by atoms with van der Waals surface area (Å²) in [5.41, 5.74) is 2.83. The van der Waals surface area contributed by atoms with Gasteiger partial charge in [0.15, 0.2) is 5.17 Å². The Balaban J connectivity index is 1.77. The van der Waals surface area contributed by atoms with Crippen molar-refractivity contribution >= 4 is 34.6 Å². The average Bonchev–Trinajstić information content (AvgIpc) is 2.88. The fourth-order valence-corrected chi connectivity index (χ4v) is 2.97. The fourth-order valence-electron chi connectivity index (χ4n) is 2.08. The molecule has 1 amide bonds. The number of allylic oxidation sites excluding steroid dienone is 2. The molecule has 0 unspecified atom stereocenters. The number of benzene rings is 1. The molecule has 0 aliphatic carbocycles. The Labute approximate surface area is 139 Å². The van der Waals surface area contributed by atoms with Crippen molar-refractivity contribution in [3.8, 4) is 0 Å². The van der Waals surface area contributed by atoms with Crippen LogP contribution in [0.1, 0.15) is 12.5 Å². The number of aliphatic imine (C=N–C) groups is 1. The van der Waals surface area contributed by atoms with Gasteiger partial charge in [-0.1, -0.05) is 36.4 Å². The van der Waals surface area contributed by atoms with E-state index in [1.807, 2.05) is 61.5 Å². The summed E-state index contributed by atoms with van der Waals surface area (Å²) in [7, 11) is 0. The highest BCUT2D eigenvalue weighted by Gasteiger charge is 2.23. The summed E-state index contributed by atoms with van der Waals surface area (Å²) >= 11 is 1.33. The van der Waals surface area contributed by atoms with Gasteiger partial charge in [0.25, 0.3) is 5.91 Å². The van der Waals surface area contributed by atoms with Gasteiger partial charge in [-0.2, -0.15) is 0 Å². The first kappa shape index (κ1) is 15.2. The second-order valence-electron chi connectivity index (χ2n) is 4.99. The largest absolute Gasteiger partial charge is 0.300 e. The van der Waals surface area contributed by atoms with Crippen LogP contribution in [0.5, 0.6) is 0 Å². The second kappa shape index (κ2) is 7.07. The van der Waals surface area contributed by atoms with E-state index < -0.39 is 0 Å². The van der Waals surface area contributed by atoms with Crippen LogP contribution in [0.3, 0.4) is 0 Å². The van der Waals surface area contributed by atoms with E-state index in [9.17, 15) is 4.79 Å². The first-order valence-corrected chi connectivity index (χ1v) is 7.95. The van der Waals surface area contributed by atoms with Crippen LogP contribution in [0.2, 0.25) is 0 Å². The molecule has 1 aliphatic heterocycles. The first-order valence-electron chi connectivity index (χ1n) is 7.14. The number of hydrogen-bond acceptors (Lipinski definition) is 4. The Hall–Kier alpha value is -2.66. The highest BCUT2D eigenvalue weighted by atomic mass is 32.2. The van der Waals surface area contributed by atoms with Crippen LogP contribution >= 0.6 is 11.8 Å². The van der Waals surface area contributed by atoms with Crippen molar-refractivity contribution in [1.82, 2.24) is 10.3 Å². The summed E-state index contributed by atoms with van der Waals surface area (Å²) in [6, 6.07) is 13.7. The summed E-state index contributed by atoms with van der Waals surface area (Å²) in [5.74, 6) is -0.126. The SMILES string of the molecule is CC(/C=C1\SC(=Nc2cccnc2)NC1=O)=C\c1ccccc1. The standard InChI is InChI=1S/C18H15N3OS/c1-13(10-14-6-3-2-4-7-14)11-16-17(22)21-18(23-16)20-15-8-5-9-19-12-15/h2-12H,1H3,(H,20,21,22)/b13-10+,16-11-. The lowest BCUT2D eigenvalue weighted by Crippen LogP contribution is -2.19. The smallest absolute Gasteiger partial charge is 0.264 e. The molecule has 5 heteroatoms. The van der Waals surface area contributed by atoms with Gasteiger partial charge in [0, 0.05) is 6.20 Å². The van der Waals surface area contributed by atoms with Gasteiger partial charge in [-0.15, -0.1) is 0 Å². The number of hydrogen-bond donors (Lipinski definition) is 1. The van der Waals surface area contributed by atoms with Crippen LogP contribution < -0.4 is 5.32 Å². The van der Waals surface area contributed by atoms with E-state index in [-0.39, 0.29) is 5.91 Å². The maximum absolute atomic E-state index is 12.0. The number of rotatable bonds is 3. The van der Waals surface area contributed by atoms with Crippen molar-refractivity contribution in [2.45, 2.75) is 6.92 Å². The van der Waals surface area contributed by atoms with Gasteiger partial charge in [0.05, 0.1) is 16.8 Å². The first-order chi connectivity index (χ1) is 11.2. The van der Waals surface area contributed by atoms with Crippen molar-refractivity contribution < 1.29 is 4.79 Å². The third kappa shape index (κ3) is 4.17. The zero-order valence-corrected chi connectivity index (χ0v) is 13.4. The molecule has 1 saturated heterocycles. The molecule has 1 N–H and O–H groups in total. The van der Waals surface area contributed by atoms with Gasteiger partial charge in [0.1, 0.15) is 0 Å². The van der Waals surface area contributed by atoms with Crippen molar-refractivity contribution in [3.63, 3.8) is 0 Å². The Morgan fingerprint density at radius 2 is 2.04 bits per heavy atom. The molecule has 0 atom stereocenters. The molecule has 23 heavy (non-hydrogen) atoms. The average molecular weight is 321 g/mol. The molecule has 1 fully saturated rings. The minimum atomic E-state index is -0.126. The Bertz CT molecular complexity index is 796. The summed E-state index contributed by atoms with van der Waals surface area (Å²) in [4.78, 5) is 21.1. The topological polar surface area (TPSA) is 54.4 Å². The normalized spacial score (nSPS) is 18.5. The molecule has 114 valence electrons. The van der Waals surface area contributed by atoms with Crippen molar-refractivity contribution in [3.05, 3.63) is 77.0 Å². The van der Waals surface area contributed by atoms with Crippen molar-refractivity contribution in [2.24, 2.45) is 4.99 Å². The number of amidine groups is 1. The molecule has 0 spiro atoms. The number of carbonyl (C=O) groups excluding carboxylic acids is 1. The number of pyridine rings is 1. The van der Waals surface area contributed by atoms with Crippen LogP contribution in [0.4, 0.5) is 5.69 Å². The maximum Gasteiger partial charge on any atom is 0.264 e.